The molecule has 4 heteroatoms. The molecule has 0 bridgehead atoms. The lowest BCUT2D eigenvalue weighted by Gasteiger charge is -1.97. The minimum atomic E-state index is 0.0572. The number of rotatable bonds is 1. The van der Waals surface area contributed by atoms with Crippen LogP contribution in [0.1, 0.15) is 16.6 Å². The number of hydrogen-bond donors (Lipinski definition) is 1. The first-order valence-corrected chi connectivity index (χ1v) is 5.27. The summed E-state index contributed by atoms with van der Waals surface area (Å²) in [6, 6.07) is 5.42. The van der Waals surface area contributed by atoms with Crippen LogP contribution in [0, 0.1) is 0 Å². The largest absolute Gasteiger partial charge is 0.397 e. The minimum absolute atomic E-state index is 0.0572. The van der Waals surface area contributed by atoms with E-state index in [1.54, 1.807) is 19.1 Å². The van der Waals surface area contributed by atoms with E-state index in [2.05, 4.69) is 0 Å². The van der Waals surface area contributed by atoms with E-state index in [0.29, 0.717) is 15.6 Å². The van der Waals surface area contributed by atoms with Crippen molar-refractivity contribution in [2.75, 3.05) is 5.73 Å². The van der Waals surface area contributed by atoms with Crippen molar-refractivity contribution in [1.29, 1.82) is 0 Å². The molecule has 1 aromatic heterocycles. The Morgan fingerprint density at radius 2 is 2.21 bits per heavy atom. The van der Waals surface area contributed by atoms with Crippen molar-refractivity contribution >= 4 is 44.5 Å². The summed E-state index contributed by atoms with van der Waals surface area (Å²) >= 11 is 7.31. The predicted molar refractivity (Wildman–Crippen MR) is 61.3 cm³/mol. The monoisotopic (exact) mass is 225 g/mol. The van der Waals surface area contributed by atoms with Crippen molar-refractivity contribution in [3.8, 4) is 0 Å². The summed E-state index contributed by atoms with van der Waals surface area (Å²) in [5, 5.41) is 1.40. The van der Waals surface area contributed by atoms with E-state index < -0.39 is 0 Å². The normalized spacial score (nSPS) is 10.7. The number of thiophene rings is 1. The summed E-state index contributed by atoms with van der Waals surface area (Å²) in [5.41, 5.74) is 6.34. The van der Waals surface area contributed by atoms with Gasteiger partial charge in [0.15, 0.2) is 5.78 Å². The summed E-state index contributed by atoms with van der Waals surface area (Å²) in [6.45, 7) is 1.54. The number of Topliss-reactive ketones (excluding diaryl/α,β-unsaturated/α-hetero) is 1. The van der Waals surface area contributed by atoms with Gasteiger partial charge in [0.25, 0.3) is 0 Å². The highest BCUT2D eigenvalue weighted by Gasteiger charge is 2.09. The zero-order valence-corrected chi connectivity index (χ0v) is 9.08. The summed E-state index contributed by atoms with van der Waals surface area (Å²) in [4.78, 5) is 11.9. The van der Waals surface area contributed by atoms with E-state index in [9.17, 15) is 4.79 Å². The van der Waals surface area contributed by atoms with Gasteiger partial charge in [0, 0.05) is 10.1 Å². The van der Waals surface area contributed by atoms with Crippen LogP contribution in [0.4, 0.5) is 5.69 Å². The number of hydrogen-bond acceptors (Lipinski definition) is 3. The van der Waals surface area contributed by atoms with Gasteiger partial charge in [-0.25, -0.2) is 0 Å². The number of anilines is 1. The van der Waals surface area contributed by atoms with Crippen molar-refractivity contribution in [2.24, 2.45) is 0 Å². The van der Waals surface area contributed by atoms with Crippen LogP contribution < -0.4 is 5.73 Å². The molecule has 1 heterocycles. The fourth-order valence-corrected chi connectivity index (χ4v) is 2.42. The summed E-state index contributed by atoms with van der Waals surface area (Å²) < 4.78 is 0.997. The average molecular weight is 226 g/mol. The fraction of sp³-hybridized carbons (Fsp3) is 0.100. The molecule has 72 valence electrons. The fourth-order valence-electron chi connectivity index (χ4n) is 1.28. The summed E-state index contributed by atoms with van der Waals surface area (Å²) in [5.74, 6) is 0.0572. The molecule has 0 fully saturated rings. The number of halogens is 1. The molecule has 0 aliphatic carbocycles. The molecule has 2 rings (SSSR count). The van der Waals surface area contributed by atoms with Gasteiger partial charge in [-0.05, 0) is 25.1 Å². The van der Waals surface area contributed by atoms with Gasteiger partial charge in [-0.1, -0.05) is 11.6 Å². The maximum Gasteiger partial charge on any atom is 0.169 e. The van der Waals surface area contributed by atoms with Crippen LogP contribution in [0.5, 0.6) is 0 Å². The second-order valence-corrected chi connectivity index (χ2v) is 4.53. The molecule has 14 heavy (non-hydrogen) atoms. The van der Waals surface area contributed by atoms with Crippen LogP contribution >= 0.6 is 22.9 Å². The number of carbonyl (C=O) groups is 1. The molecule has 0 aliphatic heterocycles. The molecule has 0 saturated heterocycles. The topological polar surface area (TPSA) is 43.1 Å². The smallest absolute Gasteiger partial charge is 0.169 e. The Hall–Kier alpha value is -1.06. The van der Waals surface area contributed by atoms with E-state index in [1.807, 2.05) is 6.07 Å². The van der Waals surface area contributed by atoms with Crippen LogP contribution in [0.25, 0.3) is 10.1 Å². The third kappa shape index (κ3) is 1.38. The van der Waals surface area contributed by atoms with Gasteiger partial charge < -0.3 is 5.73 Å². The number of ketones is 1. The molecule has 0 radical (unpaired) electrons. The van der Waals surface area contributed by atoms with Gasteiger partial charge >= 0.3 is 0 Å². The van der Waals surface area contributed by atoms with Crippen molar-refractivity contribution in [3.63, 3.8) is 0 Å². The van der Waals surface area contributed by atoms with Crippen molar-refractivity contribution < 1.29 is 4.79 Å². The van der Waals surface area contributed by atoms with E-state index >= 15 is 0 Å². The molecule has 0 atom stereocenters. The van der Waals surface area contributed by atoms with Crippen LogP contribution in [-0.2, 0) is 0 Å². The second kappa shape index (κ2) is 3.26. The van der Waals surface area contributed by atoms with Crippen LogP contribution in [0.2, 0.25) is 5.02 Å². The molecule has 0 aliphatic rings. The SMILES string of the molecule is CC(=O)c1cc2c(N)c(Cl)ccc2s1. The Morgan fingerprint density at radius 3 is 2.86 bits per heavy atom. The first-order chi connectivity index (χ1) is 6.59. The summed E-state index contributed by atoms with van der Waals surface area (Å²) in [7, 11) is 0. The van der Waals surface area contributed by atoms with Crippen molar-refractivity contribution in [2.45, 2.75) is 6.92 Å². The van der Waals surface area contributed by atoms with Gasteiger partial charge in [-0.2, -0.15) is 0 Å². The standard InChI is InChI=1S/C10H8ClNOS/c1-5(13)9-4-6-8(14-9)3-2-7(11)10(6)12/h2-4H,12H2,1H3. The van der Waals surface area contributed by atoms with Gasteiger partial charge in [0.05, 0.1) is 15.6 Å². The Bertz CT molecular complexity index is 518. The maximum absolute atomic E-state index is 11.1. The molecule has 0 saturated carbocycles. The highest BCUT2D eigenvalue weighted by atomic mass is 35.5. The number of carbonyl (C=O) groups excluding carboxylic acids is 1. The quantitative estimate of drug-likeness (QED) is 0.598. The average Bonchev–Trinajstić information content (AvgIpc) is 2.56. The molecule has 0 spiro atoms. The lowest BCUT2D eigenvalue weighted by Crippen LogP contribution is -1.86. The second-order valence-electron chi connectivity index (χ2n) is 3.04. The van der Waals surface area contributed by atoms with E-state index in [-0.39, 0.29) is 5.78 Å². The minimum Gasteiger partial charge on any atom is -0.397 e. The van der Waals surface area contributed by atoms with Crippen LogP contribution in [-0.4, -0.2) is 5.78 Å². The Balaban J connectivity index is 2.77. The lowest BCUT2D eigenvalue weighted by molar-refractivity contribution is 0.102. The van der Waals surface area contributed by atoms with Gasteiger partial charge in [-0.3, -0.25) is 4.79 Å². The number of nitrogens with two attached hydrogens (primary N) is 1. The highest BCUT2D eigenvalue weighted by molar-refractivity contribution is 7.20. The molecular formula is C10H8ClNOS. The highest BCUT2D eigenvalue weighted by Crippen LogP contribution is 2.34. The Labute approximate surface area is 90.3 Å². The van der Waals surface area contributed by atoms with Gasteiger partial charge in [0.2, 0.25) is 0 Å². The zero-order chi connectivity index (χ0) is 10.3. The molecule has 1 aromatic carbocycles. The molecule has 0 amide bonds. The maximum atomic E-state index is 11.1. The molecule has 0 unspecified atom stereocenters. The zero-order valence-electron chi connectivity index (χ0n) is 7.50. The number of fused-ring (bicyclic) bond motifs is 1. The van der Waals surface area contributed by atoms with Crippen molar-refractivity contribution in [1.82, 2.24) is 0 Å². The Morgan fingerprint density at radius 1 is 1.50 bits per heavy atom. The molecule has 2 aromatic rings. The lowest BCUT2D eigenvalue weighted by atomic mass is 10.2. The van der Waals surface area contributed by atoms with E-state index in [1.165, 1.54) is 11.3 Å². The predicted octanol–water partition coefficient (Wildman–Crippen LogP) is 3.34. The Kier molecular flexibility index (Phi) is 2.21. The third-order valence-electron chi connectivity index (χ3n) is 2.04. The van der Waals surface area contributed by atoms with Crippen LogP contribution in [0.3, 0.4) is 0 Å². The summed E-state index contributed by atoms with van der Waals surface area (Å²) in [6.07, 6.45) is 0. The van der Waals surface area contributed by atoms with Gasteiger partial charge in [-0.15, -0.1) is 11.3 Å². The molecular weight excluding hydrogens is 218 g/mol. The number of benzene rings is 1. The first kappa shape index (κ1) is 9.49. The van der Waals surface area contributed by atoms with Crippen LogP contribution in [0.15, 0.2) is 18.2 Å². The molecule has 2 N–H and O–H groups in total. The van der Waals surface area contributed by atoms with E-state index in [0.717, 1.165) is 10.1 Å². The first-order valence-electron chi connectivity index (χ1n) is 4.08. The van der Waals surface area contributed by atoms with E-state index in [4.69, 9.17) is 17.3 Å². The number of nitrogen functional groups attached to an aromatic ring is 1. The molecule has 2 nitrogen and oxygen atoms in total. The van der Waals surface area contributed by atoms with Crippen molar-refractivity contribution in [3.05, 3.63) is 28.1 Å². The third-order valence-corrected chi connectivity index (χ3v) is 3.57. The van der Waals surface area contributed by atoms with Gasteiger partial charge in [0.1, 0.15) is 0 Å².